The molecule has 0 atom stereocenters. The molecule has 0 radical (unpaired) electrons. The summed E-state index contributed by atoms with van der Waals surface area (Å²) in [7, 11) is 0. The van der Waals surface area contributed by atoms with E-state index in [0.717, 1.165) is 0 Å². The minimum atomic E-state index is -0.426. The quantitative estimate of drug-likeness (QED) is 0.468. The van der Waals surface area contributed by atoms with Crippen molar-refractivity contribution in [1.29, 1.82) is 0 Å². The molecule has 1 aliphatic rings. The highest BCUT2D eigenvalue weighted by Crippen LogP contribution is 2.35. The Balaban J connectivity index is 1.17. The highest BCUT2D eigenvalue weighted by Gasteiger charge is 2.16. The normalized spacial score (nSPS) is 12.0. The van der Waals surface area contributed by atoms with Crippen molar-refractivity contribution in [2.45, 2.75) is 13.2 Å². The topological polar surface area (TPSA) is 87.8 Å². The van der Waals surface area contributed by atoms with Crippen molar-refractivity contribution >= 4 is 11.6 Å². The third-order valence-corrected chi connectivity index (χ3v) is 4.79. The van der Waals surface area contributed by atoms with Crippen molar-refractivity contribution in [3.63, 3.8) is 0 Å². The lowest BCUT2D eigenvalue weighted by molar-refractivity contribution is 0.0992. The number of hydrogen-bond donors (Lipinski definition) is 1. The molecule has 2 aromatic heterocycles. The molecule has 0 saturated heterocycles. The summed E-state index contributed by atoms with van der Waals surface area (Å²) in [5.41, 5.74) is 0.979. The first kappa shape index (κ1) is 19.7. The number of furan rings is 1. The molecule has 0 bridgehead atoms. The molecule has 8 nitrogen and oxygen atoms in total. The second-order valence-electron chi connectivity index (χ2n) is 7.04. The van der Waals surface area contributed by atoms with Gasteiger partial charge in [-0.1, -0.05) is 18.2 Å². The maximum atomic E-state index is 13.8. The summed E-state index contributed by atoms with van der Waals surface area (Å²) in [4.78, 5) is 12.5. The molecular weight excluding hydrogens is 417 g/mol. The molecule has 0 aliphatic carbocycles. The van der Waals surface area contributed by atoms with Gasteiger partial charge in [-0.15, -0.1) is 0 Å². The molecule has 1 N–H and O–H groups in total. The van der Waals surface area contributed by atoms with Crippen LogP contribution in [0, 0.1) is 5.82 Å². The van der Waals surface area contributed by atoms with Crippen LogP contribution in [0.2, 0.25) is 0 Å². The zero-order valence-corrected chi connectivity index (χ0v) is 16.8. The minimum Gasteiger partial charge on any atom is -0.486 e. The standard InChI is InChI=1S/C23H18FN3O5/c24-19-4-2-1-3-15(19)11-27-12-16(10-25-27)26-23(28)21-8-6-18(32-21)13-29-17-5-7-20-22(9-17)31-14-30-20/h1-10,12H,11,13-14H2,(H,26,28). The van der Waals surface area contributed by atoms with Crippen LogP contribution < -0.4 is 19.5 Å². The van der Waals surface area contributed by atoms with Gasteiger partial charge in [-0.05, 0) is 30.3 Å². The van der Waals surface area contributed by atoms with Gasteiger partial charge in [0.15, 0.2) is 17.3 Å². The van der Waals surface area contributed by atoms with Crippen LogP contribution in [0.25, 0.3) is 0 Å². The van der Waals surface area contributed by atoms with Gasteiger partial charge in [-0.25, -0.2) is 4.39 Å². The van der Waals surface area contributed by atoms with Crippen LogP contribution in [0.5, 0.6) is 17.2 Å². The molecular formula is C23H18FN3O5. The van der Waals surface area contributed by atoms with E-state index in [2.05, 4.69) is 10.4 Å². The van der Waals surface area contributed by atoms with Crippen molar-refractivity contribution in [2.24, 2.45) is 0 Å². The van der Waals surface area contributed by atoms with Crippen molar-refractivity contribution < 1.29 is 27.8 Å². The molecule has 1 amide bonds. The fourth-order valence-electron chi connectivity index (χ4n) is 3.21. The molecule has 32 heavy (non-hydrogen) atoms. The highest BCUT2D eigenvalue weighted by atomic mass is 19.1. The van der Waals surface area contributed by atoms with E-state index in [1.54, 1.807) is 59.4 Å². The Morgan fingerprint density at radius 3 is 2.91 bits per heavy atom. The van der Waals surface area contributed by atoms with Gasteiger partial charge in [-0.3, -0.25) is 9.48 Å². The fraction of sp³-hybridized carbons (Fsp3) is 0.130. The zero-order valence-electron chi connectivity index (χ0n) is 16.8. The number of carbonyl (C=O) groups excluding carboxylic acids is 1. The maximum absolute atomic E-state index is 13.8. The van der Waals surface area contributed by atoms with Crippen molar-refractivity contribution in [3.8, 4) is 17.2 Å². The number of rotatable bonds is 7. The van der Waals surface area contributed by atoms with E-state index in [1.807, 2.05) is 0 Å². The molecule has 0 fully saturated rings. The monoisotopic (exact) mass is 435 g/mol. The third kappa shape index (κ3) is 4.27. The fourth-order valence-corrected chi connectivity index (χ4v) is 3.21. The van der Waals surface area contributed by atoms with Crippen LogP contribution >= 0.6 is 0 Å². The van der Waals surface area contributed by atoms with Gasteiger partial charge in [0.25, 0.3) is 5.91 Å². The summed E-state index contributed by atoms with van der Waals surface area (Å²) in [6, 6.07) is 15.0. The number of hydrogen-bond acceptors (Lipinski definition) is 6. The molecule has 1 aliphatic heterocycles. The lowest BCUT2D eigenvalue weighted by atomic mass is 10.2. The number of aromatic nitrogens is 2. The summed E-state index contributed by atoms with van der Waals surface area (Å²) in [6.45, 7) is 0.593. The number of fused-ring (bicyclic) bond motifs is 1. The Morgan fingerprint density at radius 1 is 1.12 bits per heavy atom. The molecule has 5 rings (SSSR count). The number of benzene rings is 2. The van der Waals surface area contributed by atoms with Gasteiger partial charge in [0.2, 0.25) is 6.79 Å². The Bertz CT molecular complexity index is 1270. The molecule has 2 aromatic carbocycles. The zero-order chi connectivity index (χ0) is 21.9. The number of amides is 1. The van der Waals surface area contributed by atoms with Gasteiger partial charge in [0, 0.05) is 17.8 Å². The molecule has 162 valence electrons. The predicted octanol–water partition coefficient (Wildman–Crippen LogP) is 4.22. The number of halogens is 1. The van der Waals surface area contributed by atoms with Crippen molar-refractivity contribution in [1.82, 2.24) is 9.78 Å². The maximum Gasteiger partial charge on any atom is 0.291 e. The Morgan fingerprint density at radius 2 is 2.00 bits per heavy atom. The van der Waals surface area contributed by atoms with Gasteiger partial charge < -0.3 is 23.9 Å². The first-order valence-electron chi connectivity index (χ1n) is 9.82. The average molecular weight is 435 g/mol. The molecule has 0 saturated carbocycles. The first-order valence-corrected chi connectivity index (χ1v) is 9.82. The van der Waals surface area contributed by atoms with Crippen LogP contribution in [0.4, 0.5) is 10.1 Å². The van der Waals surface area contributed by atoms with Gasteiger partial charge in [-0.2, -0.15) is 5.10 Å². The lowest BCUT2D eigenvalue weighted by Gasteiger charge is -2.05. The molecule has 4 aromatic rings. The molecule has 9 heteroatoms. The van der Waals surface area contributed by atoms with Crippen LogP contribution in [-0.2, 0) is 13.2 Å². The third-order valence-electron chi connectivity index (χ3n) is 4.79. The first-order chi connectivity index (χ1) is 15.6. The molecule has 3 heterocycles. The van der Waals surface area contributed by atoms with Crippen LogP contribution in [-0.4, -0.2) is 22.5 Å². The predicted molar refractivity (Wildman–Crippen MR) is 111 cm³/mol. The van der Waals surface area contributed by atoms with Crippen molar-refractivity contribution in [2.75, 3.05) is 12.1 Å². The van der Waals surface area contributed by atoms with Crippen molar-refractivity contribution in [3.05, 3.63) is 89.9 Å². The second-order valence-corrected chi connectivity index (χ2v) is 7.04. The largest absolute Gasteiger partial charge is 0.486 e. The van der Waals surface area contributed by atoms with E-state index >= 15 is 0 Å². The number of carbonyl (C=O) groups is 1. The number of anilines is 1. The number of ether oxygens (including phenoxy) is 3. The van der Waals surface area contributed by atoms with Crippen LogP contribution in [0.1, 0.15) is 21.9 Å². The number of nitrogens with one attached hydrogen (secondary N) is 1. The second kappa shape index (κ2) is 8.46. The lowest BCUT2D eigenvalue weighted by Crippen LogP contribution is -2.10. The van der Waals surface area contributed by atoms with Crippen LogP contribution in [0.15, 0.2) is 71.4 Å². The average Bonchev–Trinajstić information content (AvgIpc) is 3.54. The summed E-state index contributed by atoms with van der Waals surface area (Å²) in [6.07, 6.45) is 3.11. The minimum absolute atomic E-state index is 0.135. The van der Waals surface area contributed by atoms with E-state index in [1.165, 1.54) is 12.3 Å². The van der Waals surface area contributed by atoms with Gasteiger partial charge >= 0.3 is 0 Å². The summed E-state index contributed by atoms with van der Waals surface area (Å²) in [5, 5.41) is 6.87. The Labute approximate surface area is 182 Å². The Kier molecular flexibility index (Phi) is 5.20. The molecule has 0 spiro atoms. The Hall–Kier alpha value is -4.27. The van der Waals surface area contributed by atoms with E-state index in [0.29, 0.717) is 34.3 Å². The summed E-state index contributed by atoms with van der Waals surface area (Å²) < 4.78 is 37.2. The van der Waals surface area contributed by atoms with Gasteiger partial charge in [0.05, 0.1) is 18.4 Å². The summed E-state index contributed by atoms with van der Waals surface area (Å²) in [5.74, 6) is 1.78. The van der Waals surface area contributed by atoms with E-state index in [-0.39, 0.29) is 31.5 Å². The molecule has 0 unspecified atom stereocenters. The number of nitrogens with zero attached hydrogens (tertiary/aromatic N) is 2. The van der Waals surface area contributed by atoms with E-state index in [9.17, 15) is 9.18 Å². The van der Waals surface area contributed by atoms with Gasteiger partial charge in [0.1, 0.15) is 23.9 Å². The smallest absolute Gasteiger partial charge is 0.291 e. The van der Waals surface area contributed by atoms with Crippen LogP contribution in [0.3, 0.4) is 0 Å². The van der Waals surface area contributed by atoms with E-state index in [4.69, 9.17) is 18.6 Å². The van der Waals surface area contributed by atoms with E-state index < -0.39 is 5.91 Å². The highest BCUT2D eigenvalue weighted by molar-refractivity contribution is 6.02. The SMILES string of the molecule is O=C(Nc1cnn(Cc2ccccc2F)c1)c1ccc(COc2ccc3c(c2)OCO3)o1. The summed E-state index contributed by atoms with van der Waals surface area (Å²) >= 11 is 0.